The number of halogens is 1. The number of fused-ring (bicyclic) bond motifs is 7. The third kappa shape index (κ3) is 1.96. The van der Waals surface area contributed by atoms with Gasteiger partial charge in [0.25, 0.3) is 5.91 Å². The molecule has 30 heavy (non-hydrogen) atoms. The van der Waals surface area contributed by atoms with Gasteiger partial charge in [0.1, 0.15) is 5.54 Å². The van der Waals surface area contributed by atoms with Crippen LogP contribution in [0.1, 0.15) is 24.0 Å². The molecule has 7 heteroatoms. The Morgan fingerprint density at radius 3 is 2.63 bits per heavy atom. The number of carbonyl (C=O) groups excluding carboxylic acids is 3. The Morgan fingerprint density at radius 2 is 1.87 bits per heavy atom. The molecule has 0 bridgehead atoms. The van der Waals surface area contributed by atoms with Crippen LogP contribution in [0.15, 0.2) is 42.5 Å². The van der Waals surface area contributed by atoms with Crippen LogP contribution in [0.3, 0.4) is 0 Å². The van der Waals surface area contributed by atoms with Gasteiger partial charge in [-0.2, -0.15) is 0 Å². The van der Waals surface area contributed by atoms with Crippen LogP contribution in [0.5, 0.6) is 0 Å². The molecule has 4 atom stereocenters. The maximum Gasteiger partial charge on any atom is 0.250 e. The van der Waals surface area contributed by atoms with Gasteiger partial charge in [0.2, 0.25) is 11.8 Å². The van der Waals surface area contributed by atoms with E-state index in [1.807, 2.05) is 37.3 Å². The lowest BCUT2D eigenvalue weighted by molar-refractivity contribution is -0.135. The zero-order valence-corrected chi connectivity index (χ0v) is 17.1. The molecule has 6 nitrogen and oxygen atoms in total. The smallest absolute Gasteiger partial charge is 0.250 e. The molecule has 4 heterocycles. The Balaban J connectivity index is 1.59. The monoisotopic (exact) mass is 421 g/mol. The number of anilines is 2. The van der Waals surface area contributed by atoms with Crippen molar-refractivity contribution in [1.29, 1.82) is 0 Å². The molecule has 3 amide bonds. The molecule has 0 radical (unpaired) electrons. The van der Waals surface area contributed by atoms with Crippen LogP contribution in [0, 0.1) is 18.8 Å². The molecule has 152 valence electrons. The number of para-hydroxylation sites is 1. The van der Waals surface area contributed by atoms with Gasteiger partial charge < -0.3 is 5.32 Å². The normalized spacial score (nSPS) is 32.0. The number of hydrogen-bond donors (Lipinski definition) is 1. The SMILES string of the molecule is Cc1cc(Cl)c2c(c1)C1(C(=O)N2)C2C(=O)N(c3ccccc3)C(=O)C2C2CCCN21. The summed E-state index contributed by atoms with van der Waals surface area (Å²) < 4.78 is 0. The summed E-state index contributed by atoms with van der Waals surface area (Å²) in [6, 6.07) is 12.6. The van der Waals surface area contributed by atoms with Crippen LogP contribution in [-0.4, -0.2) is 35.2 Å². The lowest BCUT2D eigenvalue weighted by Crippen LogP contribution is -2.54. The number of nitrogens with zero attached hydrogens (tertiary/aromatic N) is 2. The van der Waals surface area contributed by atoms with Crippen molar-refractivity contribution in [1.82, 2.24) is 4.90 Å². The summed E-state index contributed by atoms with van der Waals surface area (Å²) in [6.45, 7) is 2.61. The van der Waals surface area contributed by atoms with Crippen LogP contribution in [-0.2, 0) is 19.9 Å². The number of benzene rings is 2. The van der Waals surface area contributed by atoms with E-state index < -0.39 is 17.4 Å². The van der Waals surface area contributed by atoms with Gasteiger partial charge in [-0.15, -0.1) is 0 Å². The van der Waals surface area contributed by atoms with Gasteiger partial charge in [0.05, 0.1) is 28.2 Å². The fraction of sp³-hybridized carbons (Fsp3) is 0.348. The second kappa shape index (κ2) is 5.93. The highest BCUT2D eigenvalue weighted by atomic mass is 35.5. The van der Waals surface area contributed by atoms with E-state index in [-0.39, 0.29) is 23.8 Å². The maximum absolute atomic E-state index is 13.8. The van der Waals surface area contributed by atoms with Crippen LogP contribution in [0.4, 0.5) is 11.4 Å². The lowest BCUT2D eigenvalue weighted by atomic mass is 9.75. The Morgan fingerprint density at radius 1 is 1.10 bits per heavy atom. The summed E-state index contributed by atoms with van der Waals surface area (Å²) in [5.74, 6) is -2.04. The minimum absolute atomic E-state index is 0.129. The van der Waals surface area contributed by atoms with Gasteiger partial charge in [-0.1, -0.05) is 35.9 Å². The van der Waals surface area contributed by atoms with Crippen molar-refractivity contribution in [2.75, 3.05) is 16.8 Å². The van der Waals surface area contributed by atoms with E-state index in [4.69, 9.17) is 11.6 Å². The van der Waals surface area contributed by atoms with Gasteiger partial charge in [-0.05, 0) is 50.1 Å². The highest BCUT2D eigenvalue weighted by molar-refractivity contribution is 6.35. The van der Waals surface area contributed by atoms with Crippen molar-refractivity contribution in [3.63, 3.8) is 0 Å². The van der Waals surface area contributed by atoms with Gasteiger partial charge >= 0.3 is 0 Å². The third-order valence-corrected chi connectivity index (χ3v) is 7.51. The molecule has 0 aromatic heterocycles. The molecule has 2 aromatic carbocycles. The average Bonchev–Trinajstić information content (AvgIpc) is 3.42. The molecule has 3 saturated heterocycles. The number of amides is 3. The van der Waals surface area contributed by atoms with Crippen LogP contribution >= 0.6 is 11.6 Å². The van der Waals surface area contributed by atoms with Gasteiger partial charge in [-0.3, -0.25) is 19.3 Å². The van der Waals surface area contributed by atoms with E-state index in [0.717, 1.165) is 24.0 Å². The van der Waals surface area contributed by atoms with E-state index in [1.165, 1.54) is 4.90 Å². The fourth-order valence-electron chi connectivity index (χ4n) is 6.23. The summed E-state index contributed by atoms with van der Waals surface area (Å²) in [7, 11) is 0. The van der Waals surface area contributed by atoms with E-state index in [0.29, 0.717) is 22.9 Å². The molecule has 0 saturated carbocycles. The van der Waals surface area contributed by atoms with Gasteiger partial charge in [0.15, 0.2) is 0 Å². The molecular weight excluding hydrogens is 402 g/mol. The molecule has 6 rings (SSSR count). The highest BCUT2D eigenvalue weighted by Crippen LogP contribution is 2.61. The molecule has 4 unspecified atom stereocenters. The number of rotatable bonds is 1. The topological polar surface area (TPSA) is 69.7 Å². The molecular formula is C23H20ClN3O3. The number of imide groups is 1. The first-order valence-electron chi connectivity index (χ1n) is 10.3. The van der Waals surface area contributed by atoms with Crippen molar-refractivity contribution in [2.24, 2.45) is 11.8 Å². The van der Waals surface area contributed by atoms with E-state index in [9.17, 15) is 14.4 Å². The predicted molar refractivity (Wildman–Crippen MR) is 112 cm³/mol. The molecule has 1 spiro atoms. The van der Waals surface area contributed by atoms with E-state index >= 15 is 0 Å². The second-order valence-corrected chi connectivity index (χ2v) is 9.05. The molecule has 3 fully saturated rings. The zero-order chi connectivity index (χ0) is 20.8. The van der Waals surface area contributed by atoms with Crippen molar-refractivity contribution < 1.29 is 14.4 Å². The largest absolute Gasteiger partial charge is 0.323 e. The first-order valence-corrected chi connectivity index (χ1v) is 10.7. The van der Waals surface area contributed by atoms with Crippen LogP contribution in [0.25, 0.3) is 0 Å². The maximum atomic E-state index is 13.8. The predicted octanol–water partition coefficient (Wildman–Crippen LogP) is 3.08. The number of aryl methyl sites for hydroxylation is 1. The lowest BCUT2D eigenvalue weighted by Gasteiger charge is -2.36. The van der Waals surface area contributed by atoms with Gasteiger partial charge in [0, 0.05) is 11.6 Å². The van der Waals surface area contributed by atoms with Crippen molar-refractivity contribution in [3.8, 4) is 0 Å². The molecule has 2 aromatic rings. The summed E-state index contributed by atoms with van der Waals surface area (Å²) in [4.78, 5) is 44.3. The van der Waals surface area contributed by atoms with Crippen molar-refractivity contribution in [3.05, 3.63) is 58.6 Å². The summed E-state index contributed by atoms with van der Waals surface area (Å²) in [5, 5.41) is 3.41. The zero-order valence-electron chi connectivity index (χ0n) is 16.4. The standard InChI is InChI=1S/C23H20ClN3O3/c1-12-10-14-19(15(24)11-12)25-22(30)23(14)18-17(16-8-5-9-26(16)23)20(28)27(21(18)29)13-6-3-2-4-7-13/h2-4,6-7,10-11,16-18H,5,8-9H2,1H3,(H,25,30). The highest BCUT2D eigenvalue weighted by Gasteiger charge is 2.74. The molecule has 4 aliphatic rings. The van der Waals surface area contributed by atoms with Crippen LogP contribution < -0.4 is 10.2 Å². The molecule has 4 aliphatic heterocycles. The quantitative estimate of drug-likeness (QED) is 0.718. The Labute approximate surface area is 178 Å². The second-order valence-electron chi connectivity index (χ2n) is 8.64. The summed E-state index contributed by atoms with van der Waals surface area (Å²) >= 11 is 6.48. The van der Waals surface area contributed by atoms with Crippen molar-refractivity contribution in [2.45, 2.75) is 31.3 Å². The van der Waals surface area contributed by atoms with Gasteiger partial charge in [-0.25, -0.2) is 4.90 Å². The minimum atomic E-state index is -1.19. The summed E-state index contributed by atoms with van der Waals surface area (Å²) in [5.41, 5.74) is 1.59. The van der Waals surface area contributed by atoms with E-state index in [2.05, 4.69) is 10.2 Å². The first kappa shape index (κ1) is 18.1. The number of nitrogens with one attached hydrogen (secondary N) is 1. The van der Waals surface area contributed by atoms with Crippen LogP contribution in [0.2, 0.25) is 5.02 Å². The number of carbonyl (C=O) groups is 3. The number of hydrogen-bond acceptors (Lipinski definition) is 4. The van der Waals surface area contributed by atoms with Crippen molar-refractivity contribution >= 4 is 40.7 Å². The minimum Gasteiger partial charge on any atom is -0.323 e. The fourth-order valence-corrected chi connectivity index (χ4v) is 6.55. The average molecular weight is 422 g/mol. The Hall–Kier alpha value is -2.70. The Bertz CT molecular complexity index is 1130. The summed E-state index contributed by atoms with van der Waals surface area (Å²) in [6.07, 6.45) is 1.69. The molecule has 1 N–H and O–H groups in total. The first-order chi connectivity index (χ1) is 14.5. The van der Waals surface area contributed by atoms with E-state index in [1.54, 1.807) is 12.1 Å². The third-order valence-electron chi connectivity index (χ3n) is 7.21. The Kier molecular flexibility index (Phi) is 3.58. The molecule has 0 aliphatic carbocycles.